The first-order valence-electron chi connectivity index (χ1n) is 6.08. The highest BCUT2D eigenvalue weighted by atomic mass is 19.4. The predicted octanol–water partition coefficient (Wildman–Crippen LogP) is 3.59. The second kappa shape index (κ2) is 8.84. The third-order valence-corrected chi connectivity index (χ3v) is 2.01. The summed E-state index contributed by atoms with van der Waals surface area (Å²) < 4.78 is 74.0. The zero-order chi connectivity index (χ0) is 18.3. The van der Waals surface area contributed by atoms with Crippen molar-refractivity contribution in [3.63, 3.8) is 0 Å². The van der Waals surface area contributed by atoms with Crippen LogP contribution in [-0.2, 0) is 14.3 Å². The normalized spacial score (nSPS) is 14.7. The smallest absolute Gasteiger partial charge is 0.481 e. The Balaban J connectivity index is 0. The Hall–Kier alpha value is -1.48. The molecule has 0 saturated heterocycles. The molecule has 4 nitrogen and oxygen atoms in total. The SMILES string of the molecule is CC(C)(C)OC(=O)C(F)(F)F.CCC(C(=O)O)C(F)C(F)F. The number of rotatable bonds is 4. The van der Waals surface area contributed by atoms with Crippen molar-refractivity contribution in [2.45, 2.75) is 58.5 Å². The molecule has 2 unspecified atom stereocenters. The predicted molar refractivity (Wildman–Crippen MR) is 64.2 cm³/mol. The van der Waals surface area contributed by atoms with Crippen molar-refractivity contribution in [3.8, 4) is 0 Å². The zero-order valence-electron chi connectivity index (χ0n) is 12.4. The van der Waals surface area contributed by atoms with Gasteiger partial charge in [0.15, 0.2) is 6.17 Å². The number of alkyl halides is 6. The Morgan fingerprint density at radius 3 is 1.59 bits per heavy atom. The van der Waals surface area contributed by atoms with Gasteiger partial charge in [-0.15, -0.1) is 0 Å². The minimum absolute atomic E-state index is 0.124. The topological polar surface area (TPSA) is 63.6 Å². The molecule has 0 heterocycles. The lowest BCUT2D eigenvalue weighted by atomic mass is 10.0. The number of ether oxygens (including phenoxy) is 1. The average Bonchev–Trinajstić information content (AvgIpc) is 2.26. The van der Waals surface area contributed by atoms with Crippen molar-refractivity contribution in [1.29, 1.82) is 0 Å². The highest BCUT2D eigenvalue weighted by Gasteiger charge is 2.42. The van der Waals surface area contributed by atoms with Gasteiger partial charge in [-0.3, -0.25) is 4.79 Å². The number of halogens is 6. The van der Waals surface area contributed by atoms with Crippen LogP contribution in [0, 0.1) is 5.92 Å². The number of esters is 1. The molecule has 0 bridgehead atoms. The lowest BCUT2D eigenvalue weighted by Gasteiger charge is -2.19. The number of carbonyl (C=O) groups is 2. The molecule has 132 valence electrons. The quantitative estimate of drug-likeness (QED) is 0.627. The van der Waals surface area contributed by atoms with E-state index in [1.165, 1.54) is 27.7 Å². The summed E-state index contributed by atoms with van der Waals surface area (Å²) in [5, 5.41) is 8.22. The van der Waals surface area contributed by atoms with Crippen LogP contribution in [0.4, 0.5) is 26.3 Å². The Morgan fingerprint density at radius 2 is 1.50 bits per heavy atom. The minimum atomic E-state index is -4.90. The van der Waals surface area contributed by atoms with E-state index in [0.717, 1.165) is 0 Å². The minimum Gasteiger partial charge on any atom is -0.481 e. The van der Waals surface area contributed by atoms with Crippen molar-refractivity contribution in [1.82, 2.24) is 0 Å². The molecule has 0 aliphatic carbocycles. The van der Waals surface area contributed by atoms with E-state index in [4.69, 9.17) is 5.11 Å². The number of hydrogen-bond donors (Lipinski definition) is 1. The fourth-order valence-electron chi connectivity index (χ4n) is 1.05. The van der Waals surface area contributed by atoms with Crippen LogP contribution in [0.15, 0.2) is 0 Å². The Kier molecular flexibility index (Phi) is 9.16. The van der Waals surface area contributed by atoms with Crippen molar-refractivity contribution in [2.24, 2.45) is 5.92 Å². The maximum atomic E-state index is 12.3. The second-order valence-electron chi connectivity index (χ2n) is 5.13. The van der Waals surface area contributed by atoms with E-state index in [9.17, 15) is 35.9 Å². The number of carboxylic acid groups (broad SMARTS) is 1. The zero-order valence-corrected chi connectivity index (χ0v) is 12.4. The van der Waals surface area contributed by atoms with Crippen molar-refractivity contribution < 1.29 is 45.8 Å². The molecule has 0 aromatic heterocycles. The summed E-state index contributed by atoms with van der Waals surface area (Å²) >= 11 is 0. The van der Waals surface area contributed by atoms with Crippen LogP contribution >= 0.6 is 0 Å². The summed E-state index contributed by atoms with van der Waals surface area (Å²) in [5.74, 6) is -5.25. The summed E-state index contributed by atoms with van der Waals surface area (Å²) in [6, 6.07) is 0. The molecule has 0 aliphatic heterocycles. The Bertz CT molecular complexity index is 362. The van der Waals surface area contributed by atoms with E-state index in [2.05, 4.69) is 4.74 Å². The molecule has 1 N–H and O–H groups in total. The molecule has 0 spiro atoms. The summed E-state index contributed by atoms with van der Waals surface area (Å²) in [4.78, 5) is 20.2. The lowest BCUT2D eigenvalue weighted by molar-refractivity contribution is -0.210. The standard InChI is InChI=1S/2C6H9F3O2/c1-5(2,3)11-4(10)6(7,8)9;1-2-3(6(10)11)4(7)5(8)9/h1-3H3;3-5H,2H2,1H3,(H,10,11). The van der Waals surface area contributed by atoms with Gasteiger partial charge in [-0.1, -0.05) is 6.92 Å². The fourth-order valence-corrected chi connectivity index (χ4v) is 1.05. The number of aliphatic carboxylic acids is 1. The largest absolute Gasteiger partial charge is 0.490 e. The molecule has 0 saturated carbocycles. The van der Waals surface area contributed by atoms with Crippen molar-refractivity contribution in [3.05, 3.63) is 0 Å². The molecule has 0 aromatic carbocycles. The Morgan fingerprint density at radius 1 is 1.09 bits per heavy atom. The van der Waals surface area contributed by atoms with E-state index in [0.29, 0.717) is 0 Å². The van der Waals surface area contributed by atoms with Crippen LogP contribution in [0.3, 0.4) is 0 Å². The lowest BCUT2D eigenvalue weighted by Crippen LogP contribution is -2.33. The van der Waals surface area contributed by atoms with Gasteiger partial charge in [-0.05, 0) is 27.2 Å². The summed E-state index contributed by atoms with van der Waals surface area (Å²) in [6.07, 6.45) is -10.8. The molecular weight excluding hydrogens is 322 g/mol. The van der Waals surface area contributed by atoms with Crippen LogP contribution < -0.4 is 0 Å². The van der Waals surface area contributed by atoms with Gasteiger partial charge >= 0.3 is 18.1 Å². The first-order valence-corrected chi connectivity index (χ1v) is 6.08. The van der Waals surface area contributed by atoms with Gasteiger partial charge < -0.3 is 9.84 Å². The van der Waals surface area contributed by atoms with E-state index in [-0.39, 0.29) is 6.42 Å². The van der Waals surface area contributed by atoms with Gasteiger partial charge in [0.25, 0.3) is 6.43 Å². The van der Waals surface area contributed by atoms with Crippen LogP contribution in [0.2, 0.25) is 0 Å². The van der Waals surface area contributed by atoms with Crippen LogP contribution in [0.25, 0.3) is 0 Å². The molecule has 0 radical (unpaired) electrons. The molecule has 0 rings (SSSR count). The summed E-state index contributed by atoms with van der Waals surface area (Å²) in [5.41, 5.74) is -1.09. The van der Waals surface area contributed by atoms with Gasteiger partial charge in [0.1, 0.15) is 5.60 Å². The third kappa shape index (κ3) is 10.3. The van der Waals surface area contributed by atoms with Gasteiger partial charge in [-0.2, -0.15) is 13.2 Å². The molecule has 22 heavy (non-hydrogen) atoms. The Labute approximate surface area is 123 Å². The summed E-state index contributed by atoms with van der Waals surface area (Å²) in [6.45, 7) is 5.47. The number of hydrogen-bond acceptors (Lipinski definition) is 3. The number of carboxylic acids is 1. The molecular formula is C12H18F6O4. The maximum Gasteiger partial charge on any atom is 0.490 e. The van der Waals surface area contributed by atoms with Gasteiger partial charge in [0.05, 0.1) is 5.92 Å². The second-order valence-corrected chi connectivity index (χ2v) is 5.13. The van der Waals surface area contributed by atoms with Gasteiger partial charge in [0.2, 0.25) is 0 Å². The van der Waals surface area contributed by atoms with Crippen LogP contribution in [0.1, 0.15) is 34.1 Å². The highest BCUT2D eigenvalue weighted by molar-refractivity contribution is 5.76. The monoisotopic (exact) mass is 340 g/mol. The maximum absolute atomic E-state index is 12.3. The molecule has 0 fully saturated rings. The molecule has 10 heteroatoms. The molecule has 0 aromatic rings. The molecule has 0 aliphatic rings. The summed E-state index contributed by atoms with van der Waals surface area (Å²) in [7, 11) is 0. The van der Waals surface area contributed by atoms with E-state index in [1.807, 2.05) is 0 Å². The number of carbonyl (C=O) groups excluding carboxylic acids is 1. The molecule has 2 atom stereocenters. The molecule has 0 amide bonds. The van der Waals surface area contributed by atoms with E-state index >= 15 is 0 Å². The van der Waals surface area contributed by atoms with Gasteiger partial charge in [0, 0.05) is 0 Å². The first kappa shape index (κ1) is 22.8. The van der Waals surface area contributed by atoms with Crippen LogP contribution in [0.5, 0.6) is 0 Å². The van der Waals surface area contributed by atoms with Crippen molar-refractivity contribution in [2.75, 3.05) is 0 Å². The van der Waals surface area contributed by atoms with Crippen LogP contribution in [-0.4, -0.2) is 41.4 Å². The first-order chi connectivity index (χ1) is 9.63. The highest BCUT2D eigenvalue weighted by Crippen LogP contribution is 2.20. The third-order valence-electron chi connectivity index (χ3n) is 2.01. The van der Waals surface area contributed by atoms with Crippen molar-refractivity contribution >= 4 is 11.9 Å². The van der Waals surface area contributed by atoms with E-state index in [1.54, 1.807) is 0 Å². The fraction of sp³-hybridized carbons (Fsp3) is 0.833. The average molecular weight is 340 g/mol. The van der Waals surface area contributed by atoms with E-state index < -0.39 is 42.2 Å². The van der Waals surface area contributed by atoms with Gasteiger partial charge in [-0.25, -0.2) is 18.0 Å².